The van der Waals surface area contributed by atoms with Crippen molar-refractivity contribution in [1.29, 1.82) is 0 Å². The van der Waals surface area contributed by atoms with Crippen molar-refractivity contribution in [3.8, 4) is 11.4 Å². The summed E-state index contributed by atoms with van der Waals surface area (Å²) in [6.07, 6.45) is 9.00. The number of rotatable bonds is 5. The van der Waals surface area contributed by atoms with Crippen LogP contribution in [0, 0.1) is 0 Å². The van der Waals surface area contributed by atoms with Crippen molar-refractivity contribution in [2.45, 2.75) is 6.42 Å². The van der Waals surface area contributed by atoms with Gasteiger partial charge in [-0.15, -0.1) is 0 Å². The Balaban J connectivity index is 1.24. The van der Waals surface area contributed by atoms with Gasteiger partial charge in [0.05, 0.1) is 18.3 Å². The zero-order valence-corrected chi connectivity index (χ0v) is 19.3. The predicted molar refractivity (Wildman–Crippen MR) is 134 cm³/mol. The summed E-state index contributed by atoms with van der Waals surface area (Å²) in [6.45, 7) is 3.79. The molecule has 6 rings (SSSR count). The molecule has 0 amide bonds. The largest absolute Gasteiger partial charge is 0.354 e. The Labute approximate surface area is 201 Å². The monoisotopic (exact) mass is 464 g/mol. The van der Waals surface area contributed by atoms with Gasteiger partial charge in [0.25, 0.3) is 0 Å². The summed E-state index contributed by atoms with van der Waals surface area (Å²) in [5, 5.41) is 1.86. The SMILES string of the molecule is CN1CCN(c2cc(C(=O)Cc3cc4cc(-c5cnc6cc[nH]c6n5)ncc4cn3)ccn2)CC1. The molecule has 0 saturated carbocycles. The van der Waals surface area contributed by atoms with E-state index in [9.17, 15) is 4.79 Å². The Kier molecular flexibility index (Phi) is 5.38. The van der Waals surface area contributed by atoms with Crippen molar-refractivity contribution in [2.24, 2.45) is 0 Å². The molecule has 174 valence electrons. The molecule has 1 aliphatic rings. The van der Waals surface area contributed by atoms with E-state index in [1.165, 1.54) is 0 Å². The standard InChI is InChI=1S/C26H24N8O/c1-33-6-8-34(9-7-33)25-12-17(2-4-27-25)24(35)13-20-10-18-11-22(30-15-19(18)14-29-20)23-16-31-21-3-5-28-26(21)32-23/h2-5,10-12,14-16H,6-9,13H2,1H3,(H,28,32). The maximum absolute atomic E-state index is 13.1. The average Bonchev–Trinajstić information content (AvgIpc) is 3.37. The van der Waals surface area contributed by atoms with Crippen LogP contribution < -0.4 is 4.90 Å². The van der Waals surface area contributed by atoms with Gasteiger partial charge in [-0.1, -0.05) is 0 Å². The number of nitrogens with one attached hydrogen (secondary N) is 1. The first kappa shape index (κ1) is 21.3. The smallest absolute Gasteiger partial charge is 0.169 e. The summed E-state index contributed by atoms with van der Waals surface area (Å²) >= 11 is 0. The topological polar surface area (TPSA) is 104 Å². The molecule has 1 fully saturated rings. The van der Waals surface area contributed by atoms with E-state index in [2.05, 4.69) is 46.8 Å². The third kappa shape index (κ3) is 4.33. The zero-order valence-electron chi connectivity index (χ0n) is 19.3. The number of Topliss-reactive ketones (excluding diaryl/α,β-unsaturated/α-hetero) is 1. The number of carbonyl (C=O) groups is 1. The highest BCUT2D eigenvalue weighted by molar-refractivity contribution is 5.98. The highest BCUT2D eigenvalue weighted by atomic mass is 16.1. The number of carbonyl (C=O) groups excluding carboxylic acids is 1. The van der Waals surface area contributed by atoms with Gasteiger partial charge in [0.15, 0.2) is 11.4 Å². The van der Waals surface area contributed by atoms with Crippen LogP contribution in [0.25, 0.3) is 33.3 Å². The molecule has 0 spiro atoms. The van der Waals surface area contributed by atoms with Gasteiger partial charge < -0.3 is 14.8 Å². The molecule has 5 aromatic heterocycles. The molecule has 1 saturated heterocycles. The molecule has 9 nitrogen and oxygen atoms in total. The van der Waals surface area contributed by atoms with E-state index in [1.807, 2.05) is 30.5 Å². The van der Waals surface area contributed by atoms with Gasteiger partial charge in [-0.25, -0.2) is 9.97 Å². The van der Waals surface area contributed by atoms with E-state index < -0.39 is 0 Å². The van der Waals surface area contributed by atoms with Crippen molar-refractivity contribution in [3.05, 3.63) is 72.6 Å². The summed E-state index contributed by atoms with van der Waals surface area (Å²) in [4.78, 5) is 43.3. The Hall–Kier alpha value is -4.24. The average molecular weight is 465 g/mol. The lowest BCUT2D eigenvalue weighted by atomic mass is 10.1. The number of anilines is 1. The van der Waals surface area contributed by atoms with Crippen LogP contribution >= 0.6 is 0 Å². The molecule has 0 atom stereocenters. The summed E-state index contributed by atoms with van der Waals surface area (Å²) in [5.74, 6) is 0.873. The Morgan fingerprint density at radius 3 is 2.66 bits per heavy atom. The van der Waals surface area contributed by atoms with E-state index in [4.69, 9.17) is 0 Å². The number of fused-ring (bicyclic) bond motifs is 2. The molecular formula is C26H24N8O. The van der Waals surface area contributed by atoms with Crippen LogP contribution in [0.2, 0.25) is 0 Å². The molecule has 0 aromatic carbocycles. The molecule has 9 heteroatoms. The van der Waals surface area contributed by atoms with Crippen molar-refractivity contribution >= 4 is 33.5 Å². The highest BCUT2D eigenvalue weighted by Crippen LogP contribution is 2.22. The van der Waals surface area contributed by atoms with Gasteiger partial charge in [-0.05, 0) is 42.8 Å². The molecule has 0 unspecified atom stereocenters. The van der Waals surface area contributed by atoms with Crippen molar-refractivity contribution < 1.29 is 4.79 Å². The maximum Gasteiger partial charge on any atom is 0.169 e. The molecule has 0 aliphatic carbocycles. The van der Waals surface area contributed by atoms with Crippen LogP contribution in [0.4, 0.5) is 5.82 Å². The Bertz CT molecular complexity index is 1540. The number of likely N-dealkylation sites (N-methyl/N-ethyl adjacent to an activating group) is 1. The number of H-pyrrole nitrogens is 1. The first-order valence-electron chi connectivity index (χ1n) is 11.6. The minimum Gasteiger partial charge on any atom is -0.354 e. The van der Waals surface area contributed by atoms with Gasteiger partial charge in [0.2, 0.25) is 0 Å². The Morgan fingerprint density at radius 2 is 1.77 bits per heavy atom. The van der Waals surface area contributed by atoms with E-state index in [-0.39, 0.29) is 12.2 Å². The van der Waals surface area contributed by atoms with E-state index in [0.717, 1.165) is 59.6 Å². The van der Waals surface area contributed by atoms with Crippen LogP contribution in [-0.4, -0.2) is 73.8 Å². The van der Waals surface area contributed by atoms with Gasteiger partial charge in [-0.3, -0.25) is 19.7 Å². The number of nitrogens with zero attached hydrogens (tertiary/aromatic N) is 7. The molecule has 5 aromatic rings. The fourth-order valence-corrected chi connectivity index (χ4v) is 4.34. The number of ketones is 1. The lowest BCUT2D eigenvalue weighted by Crippen LogP contribution is -2.44. The van der Waals surface area contributed by atoms with Crippen molar-refractivity contribution in [3.63, 3.8) is 0 Å². The van der Waals surface area contributed by atoms with Crippen molar-refractivity contribution in [2.75, 3.05) is 38.1 Å². The fraction of sp³-hybridized carbons (Fsp3) is 0.231. The zero-order chi connectivity index (χ0) is 23.8. The molecule has 0 bridgehead atoms. The van der Waals surface area contributed by atoms with Crippen LogP contribution in [0.5, 0.6) is 0 Å². The van der Waals surface area contributed by atoms with Crippen LogP contribution in [0.15, 0.2) is 61.3 Å². The number of hydrogen-bond donors (Lipinski definition) is 1. The molecule has 1 N–H and O–H groups in total. The third-order valence-corrected chi connectivity index (χ3v) is 6.42. The van der Waals surface area contributed by atoms with Gasteiger partial charge in [-0.2, -0.15) is 0 Å². The summed E-state index contributed by atoms with van der Waals surface area (Å²) < 4.78 is 0. The fourth-order valence-electron chi connectivity index (χ4n) is 4.34. The lowest BCUT2D eigenvalue weighted by Gasteiger charge is -2.33. The van der Waals surface area contributed by atoms with Gasteiger partial charge in [0, 0.05) is 67.6 Å². The molecular weight excluding hydrogens is 440 g/mol. The first-order chi connectivity index (χ1) is 17.1. The number of aromatic nitrogens is 6. The highest BCUT2D eigenvalue weighted by Gasteiger charge is 2.17. The number of aromatic amines is 1. The minimum atomic E-state index is 0.0203. The number of piperazine rings is 1. The molecule has 35 heavy (non-hydrogen) atoms. The Morgan fingerprint density at radius 1 is 0.914 bits per heavy atom. The van der Waals surface area contributed by atoms with Gasteiger partial charge >= 0.3 is 0 Å². The second-order valence-electron chi connectivity index (χ2n) is 8.85. The van der Waals surface area contributed by atoms with Crippen LogP contribution in [0.1, 0.15) is 16.1 Å². The first-order valence-corrected chi connectivity index (χ1v) is 11.6. The second kappa shape index (κ2) is 8.84. The number of hydrogen-bond acceptors (Lipinski definition) is 8. The quantitative estimate of drug-likeness (QED) is 0.396. The normalized spacial score (nSPS) is 14.6. The van der Waals surface area contributed by atoms with Crippen LogP contribution in [-0.2, 0) is 6.42 Å². The minimum absolute atomic E-state index is 0.0203. The van der Waals surface area contributed by atoms with E-state index >= 15 is 0 Å². The summed E-state index contributed by atoms with van der Waals surface area (Å²) in [7, 11) is 2.12. The molecule has 6 heterocycles. The predicted octanol–water partition coefficient (Wildman–Crippen LogP) is 3.14. The van der Waals surface area contributed by atoms with Crippen molar-refractivity contribution in [1.82, 2.24) is 34.8 Å². The summed E-state index contributed by atoms with van der Waals surface area (Å²) in [5.41, 5.74) is 4.30. The van der Waals surface area contributed by atoms with E-state index in [1.54, 1.807) is 30.9 Å². The molecule has 1 aliphatic heterocycles. The number of pyridine rings is 3. The lowest BCUT2D eigenvalue weighted by molar-refractivity contribution is 0.0992. The van der Waals surface area contributed by atoms with Gasteiger partial charge in [0.1, 0.15) is 17.0 Å². The second-order valence-corrected chi connectivity index (χ2v) is 8.85. The maximum atomic E-state index is 13.1. The molecule has 0 radical (unpaired) electrons. The summed E-state index contributed by atoms with van der Waals surface area (Å²) in [6, 6.07) is 9.46. The van der Waals surface area contributed by atoms with Crippen LogP contribution in [0.3, 0.4) is 0 Å². The third-order valence-electron chi connectivity index (χ3n) is 6.42. The van der Waals surface area contributed by atoms with E-state index in [0.29, 0.717) is 17.0 Å².